The molecule has 0 bridgehead atoms. The van der Waals surface area contributed by atoms with E-state index in [1.165, 1.54) is 10.1 Å². The van der Waals surface area contributed by atoms with E-state index in [1.54, 1.807) is 17.6 Å². The Morgan fingerprint density at radius 3 is 3.12 bits per heavy atom. The van der Waals surface area contributed by atoms with E-state index in [0.29, 0.717) is 6.54 Å². The minimum absolute atomic E-state index is 0.688. The van der Waals surface area contributed by atoms with Crippen molar-refractivity contribution in [2.75, 3.05) is 5.32 Å². The highest BCUT2D eigenvalue weighted by molar-refractivity contribution is 7.17. The Hall–Kier alpha value is -1.81. The Balaban J connectivity index is 1.86. The van der Waals surface area contributed by atoms with Gasteiger partial charge in [-0.3, -0.25) is 0 Å². The van der Waals surface area contributed by atoms with Crippen molar-refractivity contribution in [3.05, 3.63) is 47.7 Å². The van der Waals surface area contributed by atoms with Gasteiger partial charge >= 0.3 is 0 Å². The molecule has 0 aliphatic rings. The number of thiophene rings is 1. The summed E-state index contributed by atoms with van der Waals surface area (Å²) in [5, 5.41) is 10.6. The van der Waals surface area contributed by atoms with Crippen LogP contribution in [0.15, 0.2) is 46.5 Å². The van der Waals surface area contributed by atoms with Crippen LogP contribution in [-0.2, 0) is 6.54 Å². The minimum Gasteiger partial charge on any atom is -0.378 e. The van der Waals surface area contributed by atoms with Gasteiger partial charge < -0.3 is 9.84 Å². The fourth-order valence-corrected chi connectivity index (χ4v) is 2.54. The zero-order valence-electron chi connectivity index (χ0n) is 8.51. The van der Waals surface area contributed by atoms with Gasteiger partial charge in [-0.25, -0.2) is 0 Å². The Bertz CT molecular complexity index is 586. The maximum absolute atomic E-state index is 4.79. The van der Waals surface area contributed by atoms with Crippen molar-refractivity contribution in [2.24, 2.45) is 0 Å². The van der Waals surface area contributed by atoms with Crippen LogP contribution in [0.2, 0.25) is 0 Å². The monoisotopic (exact) mass is 230 g/mol. The minimum atomic E-state index is 0.688. The molecular formula is C12H10N2OS. The molecule has 3 rings (SSSR count). The summed E-state index contributed by atoms with van der Waals surface area (Å²) < 4.78 is 6.07. The molecule has 80 valence electrons. The number of nitrogens with zero attached hydrogens (tertiary/aromatic N) is 1. The number of nitrogens with one attached hydrogen (secondary N) is 1. The van der Waals surface area contributed by atoms with E-state index in [4.69, 9.17) is 4.52 Å². The summed E-state index contributed by atoms with van der Waals surface area (Å²) in [6, 6.07) is 10.2. The summed E-state index contributed by atoms with van der Waals surface area (Å²) in [5.74, 6) is 0. The SMILES string of the molecule is c1cc(NCc2ccon2)c2sccc2c1. The van der Waals surface area contributed by atoms with Crippen LogP contribution >= 0.6 is 11.3 Å². The smallest absolute Gasteiger partial charge is 0.124 e. The molecule has 0 amide bonds. The van der Waals surface area contributed by atoms with Crippen LogP contribution in [0, 0.1) is 0 Å². The second kappa shape index (κ2) is 3.98. The van der Waals surface area contributed by atoms with Crippen LogP contribution in [0.4, 0.5) is 5.69 Å². The van der Waals surface area contributed by atoms with Crippen LogP contribution in [0.5, 0.6) is 0 Å². The van der Waals surface area contributed by atoms with Crippen LogP contribution in [0.1, 0.15) is 5.69 Å². The van der Waals surface area contributed by atoms with Gasteiger partial charge in [0.1, 0.15) is 12.0 Å². The lowest BCUT2D eigenvalue weighted by Gasteiger charge is -2.04. The van der Waals surface area contributed by atoms with Crippen molar-refractivity contribution in [3.63, 3.8) is 0 Å². The first-order valence-electron chi connectivity index (χ1n) is 5.03. The van der Waals surface area contributed by atoms with Gasteiger partial charge in [0.25, 0.3) is 0 Å². The number of hydrogen-bond donors (Lipinski definition) is 1. The summed E-state index contributed by atoms with van der Waals surface area (Å²) in [5.41, 5.74) is 2.06. The van der Waals surface area contributed by atoms with Crippen molar-refractivity contribution < 1.29 is 4.52 Å². The molecule has 0 fully saturated rings. The van der Waals surface area contributed by atoms with Gasteiger partial charge in [0.2, 0.25) is 0 Å². The molecular weight excluding hydrogens is 220 g/mol. The lowest BCUT2D eigenvalue weighted by atomic mass is 10.2. The molecule has 3 nitrogen and oxygen atoms in total. The highest BCUT2D eigenvalue weighted by Gasteiger charge is 2.02. The number of benzene rings is 1. The fraction of sp³-hybridized carbons (Fsp3) is 0.0833. The summed E-state index contributed by atoms with van der Waals surface area (Å²) in [7, 11) is 0. The molecule has 0 saturated carbocycles. The van der Waals surface area contributed by atoms with E-state index in [-0.39, 0.29) is 0 Å². The first-order valence-corrected chi connectivity index (χ1v) is 5.91. The van der Waals surface area contributed by atoms with Gasteiger partial charge in [-0.2, -0.15) is 0 Å². The highest BCUT2D eigenvalue weighted by Crippen LogP contribution is 2.28. The van der Waals surface area contributed by atoms with E-state index in [9.17, 15) is 0 Å². The van der Waals surface area contributed by atoms with E-state index >= 15 is 0 Å². The third kappa shape index (κ3) is 1.67. The third-order valence-electron chi connectivity index (χ3n) is 2.43. The van der Waals surface area contributed by atoms with Crippen molar-refractivity contribution in [1.82, 2.24) is 5.16 Å². The average Bonchev–Trinajstić information content (AvgIpc) is 2.97. The van der Waals surface area contributed by atoms with Crippen LogP contribution in [0.3, 0.4) is 0 Å². The van der Waals surface area contributed by atoms with Gasteiger partial charge in [-0.15, -0.1) is 11.3 Å². The molecule has 3 aromatic rings. The van der Waals surface area contributed by atoms with Crippen molar-refractivity contribution in [2.45, 2.75) is 6.54 Å². The number of fused-ring (bicyclic) bond motifs is 1. The normalized spacial score (nSPS) is 10.8. The lowest BCUT2D eigenvalue weighted by molar-refractivity contribution is 0.412. The first kappa shape index (κ1) is 9.42. The Morgan fingerprint density at radius 2 is 2.25 bits per heavy atom. The zero-order chi connectivity index (χ0) is 10.8. The van der Waals surface area contributed by atoms with Gasteiger partial charge in [0.05, 0.1) is 16.9 Å². The predicted molar refractivity (Wildman–Crippen MR) is 65.7 cm³/mol. The molecule has 0 aliphatic carbocycles. The Labute approximate surface area is 96.7 Å². The second-order valence-corrected chi connectivity index (χ2v) is 4.40. The van der Waals surface area contributed by atoms with E-state index in [2.05, 4.69) is 40.1 Å². The molecule has 2 aromatic heterocycles. The average molecular weight is 230 g/mol. The van der Waals surface area contributed by atoms with Crippen LogP contribution in [-0.4, -0.2) is 5.16 Å². The molecule has 0 spiro atoms. The topological polar surface area (TPSA) is 38.1 Å². The molecule has 16 heavy (non-hydrogen) atoms. The standard InChI is InChI=1S/C12H10N2OS/c1-2-9-5-7-16-12(9)11(3-1)13-8-10-4-6-15-14-10/h1-7,13H,8H2. The second-order valence-electron chi connectivity index (χ2n) is 3.49. The maximum Gasteiger partial charge on any atom is 0.124 e. The van der Waals surface area contributed by atoms with Crippen molar-refractivity contribution in [3.8, 4) is 0 Å². The van der Waals surface area contributed by atoms with Gasteiger partial charge in [-0.1, -0.05) is 17.3 Å². The van der Waals surface area contributed by atoms with Gasteiger partial charge in [0, 0.05) is 6.07 Å². The number of hydrogen-bond acceptors (Lipinski definition) is 4. The molecule has 1 aromatic carbocycles. The molecule has 0 aliphatic heterocycles. The van der Waals surface area contributed by atoms with E-state index in [1.807, 2.05) is 6.07 Å². The maximum atomic E-state index is 4.79. The Morgan fingerprint density at radius 1 is 1.25 bits per heavy atom. The third-order valence-corrected chi connectivity index (χ3v) is 3.39. The lowest BCUT2D eigenvalue weighted by Crippen LogP contribution is -1.99. The van der Waals surface area contributed by atoms with Crippen molar-refractivity contribution in [1.29, 1.82) is 0 Å². The Kier molecular flexibility index (Phi) is 2.34. The molecule has 0 atom stereocenters. The molecule has 2 heterocycles. The zero-order valence-corrected chi connectivity index (χ0v) is 9.33. The van der Waals surface area contributed by atoms with Gasteiger partial charge in [-0.05, 0) is 22.9 Å². The van der Waals surface area contributed by atoms with Crippen LogP contribution < -0.4 is 5.32 Å². The fourth-order valence-electron chi connectivity index (χ4n) is 1.65. The summed E-state index contributed by atoms with van der Waals surface area (Å²) in [6.07, 6.45) is 1.59. The van der Waals surface area contributed by atoms with Gasteiger partial charge in [0.15, 0.2) is 0 Å². The highest BCUT2D eigenvalue weighted by atomic mass is 32.1. The van der Waals surface area contributed by atoms with E-state index in [0.717, 1.165) is 11.4 Å². The molecule has 4 heteroatoms. The number of anilines is 1. The molecule has 0 unspecified atom stereocenters. The first-order chi connectivity index (χ1) is 7.93. The van der Waals surface area contributed by atoms with E-state index < -0.39 is 0 Å². The predicted octanol–water partition coefficient (Wildman–Crippen LogP) is 3.50. The quantitative estimate of drug-likeness (QED) is 0.748. The van der Waals surface area contributed by atoms with Crippen molar-refractivity contribution >= 4 is 27.1 Å². The number of aromatic nitrogens is 1. The molecule has 0 saturated heterocycles. The van der Waals surface area contributed by atoms with Crippen LogP contribution in [0.25, 0.3) is 10.1 Å². The molecule has 0 radical (unpaired) electrons. The molecule has 1 N–H and O–H groups in total. The summed E-state index contributed by atoms with van der Waals surface area (Å²) in [4.78, 5) is 0. The largest absolute Gasteiger partial charge is 0.378 e. The summed E-state index contributed by atoms with van der Waals surface area (Å²) in [6.45, 7) is 0.688. The number of rotatable bonds is 3. The summed E-state index contributed by atoms with van der Waals surface area (Å²) >= 11 is 1.74.